The molecule has 2 aromatic carbocycles. The minimum Gasteiger partial charge on any atom is -0.346 e. The van der Waals surface area contributed by atoms with Gasteiger partial charge in [0.15, 0.2) is 5.69 Å². The molecule has 0 radical (unpaired) electrons. The van der Waals surface area contributed by atoms with Crippen molar-refractivity contribution in [3.8, 4) is 11.3 Å². The van der Waals surface area contributed by atoms with Gasteiger partial charge in [-0.2, -0.15) is 23.4 Å². The molecule has 0 saturated heterocycles. The zero-order chi connectivity index (χ0) is 25.6. The molecule has 0 fully saturated rings. The number of hydrogen-bond donors (Lipinski definition) is 2. The van der Waals surface area contributed by atoms with Gasteiger partial charge in [0.1, 0.15) is 11.1 Å². The van der Waals surface area contributed by atoms with Crippen molar-refractivity contribution in [3.05, 3.63) is 87.7 Å². The molecular weight excluding hydrogens is 473 g/mol. The van der Waals surface area contributed by atoms with Gasteiger partial charge in [-0.1, -0.05) is 36.4 Å². The normalized spacial score (nSPS) is 11.9. The van der Waals surface area contributed by atoms with E-state index in [2.05, 4.69) is 20.5 Å². The Bertz CT molecular complexity index is 1680. The summed E-state index contributed by atoms with van der Waals surface area (Å²) in [6, 6.07) is 13.0. The van der Waals surface area contributed by atoms with Crippen molar-refractivity contribution in [3.63, 3.8) is 0 Å². The van der Waals surface area contributed by atoms with Gasteiger partial charge in [0, 0.05) is 30.4 Å². The van der Waals surface area contributed by atoms with Crippen LogP contribution in [0.2, 0.25) is 0 Å². The molecule has 36 heavy (non-hydrogen) atoms. The third-order valence-corrected chi connectivity index (χ3v) is 6.00. The Morgan fingerprint density at radius 2 is 1.83 bits per heavy atom. The number of fused-ring (bicyclic) bond motifs is 2. The first kappa shape index (κ1) is 23.3. The van der Waals surface area contributed by atoms with Gasteiger partial charge in [0.2, 0.25) is 0 Å². The lowest BCUT2D eigenvalue weighted by atomic mass is 10.1. The summed E-state index contributed by atoms with van der Waals surface area (Å²) in [5.41, 5.74) is -1.82. The molecule has 0 spiro atoms. The topological polar surface area (TPSA) is 97.1 Å². The highest BCUT2D eigenvalue weighted by Crippen LogP contribution is 2.34. The van der Waals surface area contributed by atoms with E-state index in [1.165, 1.54) is 6.20 Å². The van der Waals surface area contributed by atoms with Gasteiger partial charge in [-0.05, 0) is 30.7 Å². The molecule has 3 heterocycles. The number of nitrogens with one attached hydrogen (secondary N) is 2. The zero-order valence-electron chi connectivity index (χ0n) is 19.3. The molecule has 3 aromatic heterocycles. The van der Waals surface area contributed by atoms with Gasteiger partial charge in [0.25, 0.3) is 11.5 Å². The number of hydrogen-bond acceptors (Lipinski definition) is 4. The van der Waals surface area contributed by atoms with E-state index >= 15 is 0 Å². The van der Waals surface area contributed by atoms with Gasteiger partial charge in [-0.3, -0.25) is 14.3 Å². The van der Waals surface area contributed by atoms with Gasteiger partial charge in [-0.25, -0.2) is 4.52 Å². The molecule has 0 saturated carbocycles. The van der Waals surface area contributed by atoms with Crippen LogP contribution in [0.4, 0.5) is 13.2 Å². The number of aromatic amines is 1. The van der Waals surface area contributed by atoms with Gasteiger partial charge in [0.05, 0.1) is 17.6 Å². The molecule has 0 aliphatic carbocycles. The van der Waals surface area contributed by atoms with Crippen molar-refractivity contribution in [2.45, 2.75) is 33.1 Å². The number of carbonyl (C=O) groups is 1. The Balaban J connectivity index is 1.56. The lowest BCUT2D eigenvalue weighted by Crippen LogP contribution is -2.26. The number of nitrogens with zero attached hydrogens (tertiary/aromatic N) is 4. The number of aryl methyl sites for hydroxylation is 2. The molecule has 0 atom stereocenters. The van der Waals surface area contributed by atoms with Gasteiger partial charge < -0.3 is 10.3 Å². The van der Waals surface area contributed by atoms with Crippen LogP contribution in [0, 0.1) is 6.92 Å². The lowest BCUT2D eigenvalue weighted by Gasteiger charge is -2.08. The van der Waals surface area contributed by atoms with E-state index in [0.717, 1.165) is 15.3 Å². The average molecular weight is 494 g/mol. The monoisotopic (exact) mass is 494 g/mol. The number of H-pyrrole nitrogens is 1. The second kappa shape index (κ2) is 8.67. The van der Waals surface area contributed by atoms with Crippen molar-refractivity contribution >= 4 is 22.2 Å². The van der Waals surface area contributed by atoms with E-state index in [4.69, 9.17) is 0 Å². The second-order valence-corrected chi connectivity index (χ2v) is 8.35. The first-order valence-corrected chi connectivity index (χ1v) is 11.2. The highest BCUT2D eigenvalue weighted by atomic mass is 19.4. The molecule has 5 aromatic rings. The first-order chi connectivity index (χ1) is 17.2. The number of halogens is 3. The van der Waals surface area contributed by atoms with Crippen molar-refractivity contribution in [2.75, 3.05) is 0 Å². The molecule has 2 N–H and O–H groups in total. The van der Waals surface area contributed by atoms with Crippen molar-refractivity contribution in [2.24, 2.45) is 0 Å². The predicted octanol–water partition coefficient (Wildman–Crippen LogP) is 4.32. The third-order valence-electron chi connectivity index (χ3n) is 6.00. The van der Waals surface area contributed by atoms with Crippen LogP contribution in [0.3, 0.4) is 0 Å². The smallest absolute Gasteiger partial charge is 0.346 e. The molecule has 0 unspecified atom stereocenters. The van der Waals surface area contributed by atoms with E-state index in [1.54, 1.807) is 23.9 Å². The summed E-state index contributed by atoms with van der Waals surface area (Å²) in [6.45, 7) is 4.22. The molecule has 8 nitrogen and oxygen atoms in total. The molecule has 11 heteroatoms. The Hall–Kier alpha value is -4.41. The van der Waals surface area contributed by atoms with Crippen LogP contribution in [0.1, 0.15) is 34.2 Å². The fourth-order valence-electron chi connectivity index (χ4n) is 4.17. The van der Waals surface area contributed by atoms with Crippen LogP contribution in [-0.2, 0) is 19.3 Å². The Morgan fingerprint density at radius 1 is 1.08 bits per heavy atom. The van der Waals surface area contributed by atoms with E-state index in [9.17, 15) is 22.8 Å². The van der Waals surface area contributed by atoms with E-state index in [0.29, 0.717) is 23.4 Å². The second-order valence-electron chi connectivity index (χ2n) is 8.35. The molecule has 0 aliphatic heterocycles. The number of amides is 1. The minimum absolute atomic E-state index is 0.0332. The number of rotatable bonds is 5. The lowest BCUT2D eigenvalue weighted by molar-refractivity contribution is -0.136. The Kier molecular flexibility index (Phi) is 5.62. The fourth-order valence-corrected chi connectivity index (χ4v) is 4.17. The maximum Gasteiger partial charge on any atom is 0.421 e. The summed E-state index contributed by atoms with van der Waals surface area (Å²) in [5, 5.41) is 12.5. The van der Waals surface area contributed by atoms with Crippen LogP contribution < -0.4 is 10.9 Å². The number of aromatic nitrogens is 5. The van der Waals surface area contributed by atoms with E-state index < -0.39 is 34.4 Å². The van der Waals surface area contributed by atoms with E-state index in [1.807, 2.05) is 43.3 Å². The largest absolute Gasteiger partial charge is 0.421 e. The summed E-state index contributed by atoms with van der Waals surface area (Å²) in [5.74, 6) is -1.04. The number of benzene rings is 2. The SMILES string of the molecule is CCn1cc(CNC(=O)c2nn3cc(-c4ccc5ccccc5c4)[nH]c(=O)c3c2C(F)(F)F)c(C)n1. The Labute approximate surface area is 202 Å². The summed E-state index contributed by atoms with van der Waals surface area (Å²) < 4.78 is 44.6. The van der Waals surface area contributed by atoms with Crippen LogP contribution >= 0.6 is 0 Å². The first-order valence-electron chi connectivity index (χ1n) is 11.2. The summed E-state index contributed by atoms with van der Waals surface area (Å²) >= 11 is 0. The van der Waals surface area contributed by atoms with Crippen molar-refractivity contribution in [1.82, 2.24) is 29.7 Å². The zero-order valence-corrected chi connectivity index (χ0v) is 19.3. The highest BCUT2D eigenvalue weighted by Gasteiger charge is 2.41. The standard InChI is InChI=1S/C25H21F3N6O2/c1-3-33-12-18(14(2)31-33)11-29-23(35)21-20(25(26,27)28)22-24(36)30-19(13-34(22)32-21)17-9-8-15-6-4-5-7-16(15)10-17/h4-10,12-13H,3,11H2,1-2H3,(H,29,35)(H,30,36). The summed E-state index contributed by atoms with van der Waals surface area (Å²) in [6.07, 6.45) is -1.98. The van der Waals surface area contributed by atoms with Crippen LogP contribution in [0.25, 0.3) is 27.5 Å². The maximum atomic E-state index is 14.0. The van der Waals surface area contributed by atoms with Crippen LogP contribution in [0.5, 0.6) is 0 Å². The quantitative estimate of drug-likeness (QED) is 0.380. The number of carbonyl (C=O) groups excluding carboxylic acids is 1. The molecule has 0 bridgehead atoms. The maximum absolute atomic E-state index is 14.0. The highest BCUT2D eigenvalue weighted by molar-refractivity contribution is 5.96. The molecular formula is C25H21F3N6O2. The molecule has 5 rings (SSSR count). The Morgan fingerprint density at radius 3 is 2.53 bits per heavy atom. The number of alkyl halides is 3. The fraction of sp³-hybridized carbons (Fsp3) is 0.200. The average Bonchev–Trinajstić information content (AvgIpc) is 3.43. The van der Waals surface area contributed by atoms with Crippen LogP contribution in [0.15, 0.2) is 59.7 Å². The van der Waals surface area contributed by atoms with E-state index in [-0.39, 0.29) is 12.2 Å². The van der Waals surface area contributed by atoms with Crippen LogP contribution in [-0.4, -0.2) is 30.3 Å². The van der Waals surface area contributed by atoms with Crippen molar-refractivity contribution in [1.29, 1.82) is 0 Å². The van der Waals surface area contributed by atoms with Gasteiger partial charge in [-0.15, -0.1) is 0 Å². The summed E-state index contributed by atoms with van der Waals surface area (Å²) in [7, 11) is 0. The molecule has 1 amide bonds. The third kappa shape index (κ3) is 4.12. The van der Waals surface area contributed by atoms with Crippen molar-refractivity contribution < 1.29 is 18.0 Å². The van der Waals surface area contributed by atoms with Gasteiger partial charge >= 0.3 is 6.18 Å². The molecule has 0 aliphatic rings. The summed E-state index contributed by atoms with van der Waals surface area (Å²) in [4.78, 5) is 28.2. The molecule has 184 valence electrons. The minimum atomic E-state index is -4.98. The predicted molar refractivity (Wildman–Crippen MR) is 128 cm³/mol.